The first-order chi connectivity index (χ1) is 20.5. The van der Waals surface area contributed by atoms with Gasteiger partial charge in [-0.1, -0.05) is 116 Å². The third kappa shape index (κ3) is 5.42. The molecule has 0 fully saturated rings. The molecule has 0 amide bonds. The van der Waals surface area contributed by atoms with Crippen molar-refractivity contribution in [2.45, 2.75) is 20.3 Å². The quantitative estimate of drug-likeness (QED) is 0.156. The largest absolute Gasteiger partial charge is 0.249 e. The maximum Gasteiger partial charge on any atom is 0.139 e. The summed E-state index contributed by atoms with van der Waals surface area (Å²) in [7, 11) is 2.09. The lowest BCUT2D eigenvalue weighted by atomic mass is 9.93. The lowest BCUT2D eigenvalue weighted by Crippen LogP contribution is -2.03. The second-order valence-corrected chi connectivity index (χ2v) is 10.4. The van der Waals surface area contributed by atoms with Gasteiger partial charge in [0.05, 0.1) is 45.2 Å². The van der Waals surface area contributed by atoms with Crippen LogP contribution >= 0.6 is 0 Å². The van der Waals surface area contributed by atoms with Crippen molar-refractivity contribution >= 4 is 30.4 Å². The summed E-state index contributed by atoms with van der Waals surface area (Å²) in [5, 5.41) is 0. The number of aromatic nitrogens is 4. The molecule has 0 unspecified atom stereocenters. The van der Waals surface area contributed by atoms with E-state index in [-0.39, 0.29) is 0 Å². The van der Waals surface area contributed by atoms with Crippen LogP contribution in [-0.2, 0) is 6.42 Å². The second kappa shape index (κ2) is 11.8. The van der Waals surface area contributed by atoms with Crippen molar-refractivity contribution in [1.82, 2.24) is 19.9 Å². The van der Waals surface area contributed by atoms with Crippen LogP contribution in [0.4, 0.5) is 0 Å². The number of rotatable bonds is 7. The summed E-state index contributed by atoms with van der Waals surface area (Å²) >= 11 is 0. The SMILES string of the molecule is Bc1ccc(-c2nc(C)c(/C=C\C=C)nc2-c2ccc(-c3nc4ccccc4nc3-c3ccc(CC)cc3)cc2)cc1. The molecule has 42 heavy (non-hydrogen) atoms. The number of benzene rings is 4. The molecule has 0 spiro atoms. The average Bonchev–Trinajstić information content (AvgIpc) is 3.04. The monoisotopic (exact) mass is 542 g/mol. The van der Waals surface area contributed by atoms with E-state index in [1.54, 1.807) is 6.08 Å². The maximum absolute atomic E-state index is 5.09. The first-order valence-electron chi connectivity index (χ1n) is 14.3. The zero-order valence-corrected chi connectivity index (χ0v) is 24.2. The van der Waals surface area contributed by atoms with Crippen LogP contribution in [0.15, 0.2) is 116 Å². The van der Waals surface area contributed by atoms with Crippen LogP contribution in [-0.4, -0.2) is 27.8 Å². The van der Waals surface area contributed by atoms with Gasteiger partial charge >= 0.3 is 0 Å². The van der Waals surface area contributed by atoms with E-state index in [2.05, 4.69) is 94.1 Å². The molecule has 0 aliphatic rings. The molecule has 0 saturated carbocycles. The van der Waals surface area contributed by atoms with Crippen molar-refractivity contribution in [1.29, 1.82) is 0 Å². The highest BCUT2D eigenvalue weighted by atomic mass is 14.8. The number of nitrogens with zero attached hydrogens (tertiary/aromatic N) is 4. The minimum Gasteiger partial charge on any atom is -0.249 e. The van der Waals surface area contributed by atoms with Gasteiger partial charge in [0.1, 0.15) is 7.85 Å². The number of hydrogen-bond donors (Lipinski definition) is 0. The Morgan fingerprint density at radius 3 is 1.57 bits per heavy atom. The fraction of sp³-hybridized carbons (Fsp3) is 0.0811. The highest BCUT2D eigenvalue weighted by Crippen LogP contribution is 2.35. The van der Waals surface area contributed by atoms with Crippen molar-refractivity contribution in [2.75, 3.05) is 0 Å². The molecule has 2 heterocycles. The molecule has 0 atom stereocenters. The van der Waals surface area contributed by atoms with Gasteiger partial charge in [0.15, 0.2) is 0 Å². The van der Waals surface area contributed by atoms with Crippen LogP contribution in [0, 0.1) is 6.92 Å². The Labute approximate surface area is 248 Å². The number of para-hydroxylation sites is 2. The lowest BCUT2D eigenvalue weighted by molar-refractivity contribution is 1.11. The summed E-state index contributed by atoms with van der Waals surface area (Å²) < 4.78 is 0. The Morgan fingerprint density at radius 1 is 0.619 bits per heavy atom. The lowest BCUT2D eigenvalue weighted by Gasteiger charge is -2.14. The Morgan fingerprint density at radius 2 is 1.07 bits per heavy atom. The summed E-state index contributed by atoms with van der Waals surface area (Å²) in [6.07, 6.45) is 6.59. The van der Waals surface area contributed by atoms with Crippen LogP contribution in [0.2, 0.25) is 0 Å². The van der Waals surface area contributed by atoms with Gasteiger partial charge in [-0.15, -0.1) is 0 Å². The van der Waals surface area contributed by atoms with E-state index in [4.69, 9.17) is 19.9 Å². The molecular weight excluding hydrogens is 511 g/mol. The summed E-state index contributed by atoms with van der Waals surface area (Å²) in [5.74, 6) is 0. The van der Waals surface area contributed by atoms with E-state index in [0.29, 0.717) is 0 Å². The topological polar surface area (TPSA) is 51.6 Å². The van der Waals surface area contributed by atoms with E-state index in [0.717, 1.165) is 73.9 Å². The molecule has 0 saturated heterocycles. The normalized spacial score (nSPS) is 11.3. The fourth-order valence-corrected chi connectivity index (χ4v) is 5.05. The Balaban J connectivity index is 1.49. The molecule has 0 N–H and O–H groups in total. The smallest absolute Gasteiger partial charge is 0.139 e. The summed E-state index contributed by atoms with van der Waals surface area (Å²) in [6.45, 7) is 7.97. The minimum atomic E-state index is 0.822. The van der Waals surface area contributed by atoms with E-state index >= 15 is 0 Å². The van der Waals surface area contributed by atoms with Crippen molar-refractivity contribution in [2.24, 2.45) is 0 Å². The van der Waals surface area contributed by atoms with Gasteiger partial charge in [0, 0.05) is 22.3 Å². The molecule has 2 aromatic heterocycles. The molecule has 0 bridgehead atoms. The Hall–Kier alpha value is -5.16. The summed E-state index contributed by atoms with van der Waals surface area (Å²) in [5.41, 5.74) is 13.4. The predicted molar refractivity (Wildman–Crippen MR) is 178 cm³/mol. The number of allylic oxidation sites excluding steroid dienone is 2. The molecule has 6 rings (SSSR count). The van der Waals surface area contributed by atoms with Crippen molar-refractivity contribution in [3.05, 3.63) is 133 Å². The van der Waals surface area contributed by atoms with Gasteiger partial charge in [-0.25, -0.2) is 19.9 Å². The Kier molecular flexibility index (Phi) is 7.57. The van der Waals surface area contributed by atoms with Crippen LogP contribution in [0.25, 0.3) is 62.1 Å². The number of fused-ring (bicyclic) bond motifs is 1. The molecule has 0 radical (unpaired) electrons. The van der Waals surface area contributed by atoms with Gasteiger partial charge in [-0.3, -0.25) is 0 Å². The predicted octanol–water partition coefficient (Wildman–Crippen LogP) is 7.42. The highest BCUT2D eigenvalue weighted by Gasteiger charge is 2.17. The third-order valence-corrected chi connectivity index (χ3v) is 7.46. The third-order valence-electron chi connectivity index (χ3n) is 7.46. The van der Waals surface area contributed by atoms with Crippen molar-refractivity contribution < 1.29 is 0 Å². The van der Waals surface area contributed by atoms with Crippen LogP contribution < -0.4 is 5.46 Å². The Bertz CT molecular complexity index is 1920. The van der Waals surface area contributed by atoms with Crippen LogP contribution in [0.5, 0.6) is 0 Å². The maximum atomic E-state index is 5.09. The van der Waals surface area contributed by atoms with Gasteiger partial charge in [-0.05, 0) is 37.1 Å². The molecule has 0 aliphatic heterocycles. The van der Waals surface area contributed by atoms with E-state index < -0.39 is 0 Å². The molecule has 4 aromatic carbocycles. The molecule has 0 aliphatic carbocycles. The number of hydrogen-bond acceptors (Lipinski definition) is 4. The van der Waals surface area contributed by atoms with Gasteiger partial charge in [-0.2, -0.15) is 0 Å². The van der Waals surface area contributed by atoms with Gasteiger partial charge in [0.25, 0.3) is 0 Å². The summed E-state index contributed by atoms with van der Waals surface area (Å²) in [4.78, 5) is 20.3. The average molecular weight is 542 g/mol. The molecule has 5 heteroatoms. The highest BCUT2D eigenvalue weighted by molar-refractivity contribution is 6.32. The van der Waals surface area contributed by atoms with Gasteiger partial charge < -0.3 is 0 Å². The van der Waals surface area contributed by atoms with Crippen LogP contribution in [0.3, 0.4) is 0 Å². The van der Waals surface area contributed by atoms with E-state index in [1.165, 1.54) is 11.0 Å². The number of aryl methyl sites for hydroxylation is 2. The summed E-state index contributed by atoms with van der Waals surface area (Å²) in [6, 6.07) is 33.5. The fourth-order valence-electron chi connectivity index (χ4n) is 5.05. The molecule has 202 valence electrons. The second-order valence-electron chi connectivity index (χ2n) is 10.4. The van der Waals surface area contributed by atoms with Crippen LogP contribution in [0.1, 0.15) is 23.9 Å². The van der Waals surface area contributed by atoms with E-state index in [1.807, 2.05) is 43.3 Å². The van der Waals surface area contributed by atoms with E-state index in [9.17, 15) is 0 Å². The molecule has 6 aromatic rings. The van der Waals surface area contributed by atoms with Gasteiger partial charge in [0.2, 0.25) is 0 Å². The first-order valence-corrected chi connectivity index (χ1v) is 14.3. The van der Waals surface area contributed by atoms with Crippen molar-refractivity contribution in [3.8, 4) is 45.0 Å². The standard InChI is InChI=1S/C37H31BN4/c1-4-6-9-31-24(3)39-34(29-20-22-30(38)23-21-29)35(40-31)27-16-18-28(19-17-27)37-36(26-14-12-25(5-2)13-15-26)41-32-10-7-8-11-33(32)42-37/h4,6-23H,1,5,38H2,2-3H3/b9-6-. The zero-order valence-electron chi connectivity index (χ0n) is 24.2. The minimum absolute atomic E-state index is 0.822. The molecular formula is C37H31BN4. The molecule has 4 nitrogen and oxygen atoms in total. The van der Waals surface area contributed by atoms with Crippen molar-refractivity contribution in [3.63, 3.8) is 0 Å². The zero-order chi connectivity index (χ0) is 29.1. The first kappa shape index (κ1) is 27.0.